The van der Waals surface area contributed by atoms with Crippen LogP contribution in [0.25, 0.3) is 0 Å². The van der Waals surface area contributed by atoms with Crippen LogP contribution < -0.4 is 0 Å². The minimum absolute atomic E-state index is 0.762. The predicted molar refractivity (Wildman–Crippen MR) is 99.8 cm³/mol. The average molecular weight is 315 g/mol. The number of ether oxygens (including phenoxy) is 1. The maximum absolute atomic E-state index is 5.70. The molecule has 0 aromatic heterocycles. The second-order valence-electron chi connectivity index (χ2n) is 7.01. The highest BCUT2D eigenvalue weighted by Gasteiger charge is 2.21. The van der Waals surface area contributed by atoms with Gasteiger partial charge in [0.25, 0.3) is 0 Å². The minimum atomic E-state index is 0.762. The van der Waals surface area contributed by atoms with Crippen molar-refractivity contribution in [1.29, 1.82) is 0 Å². The zero-order valence-electron chi connectivity index (χ0n) is 15.1. The maximum Gasteiger partial charge on any atom is 0.0716 e. The molecule has 1 saturated carbocycles. The van der Waals surface area contributed by atoms with E-state index in [1.807, 2.05) is 0 Å². The molecular weight excluding hydrogens is 280 g/mol. The quantitative estimate of drug-likeness (QED) is 0.367. The Kier molecular flexibility index (Phi) is 8.46. The zero-order valence-corrected chi connectivity index (χ0v) is 15.1. The monoisotopic (exact) mass is 314 g/mol. The molecule has 0 atom stereocenters. The number of unbranched alkanes of at least 4 members (excludes halogenated alkanes) is 1. The molecule has 0 radical (unpaired) electrons. The van der Waals surface area contributed by atoms with Gasteiger partial charge in [-0.05, 0) is 74.8 Å². The van der Waals surface area contributed by atoms with E-state index in [0.717, 1.165) is 31.5 Å². The van der Waals surface area contributed by atoms with E-state index in [2.05, 4.69) is 50.3 Å². The van der Waals surface area contributed by atoms with Crippen molar-refractivity contribution in [1.82, 2.24) is 0 Å². The second-order valence-corrected chi connectivity index (χ2v) is 7.01. The van der Waals surface area contributed by atoms with E-state index < -0.39 is 0 Å². The van der Waals surface area contributed by atoms with Crippen LogP contribution in [0.2, 0.25) is 0 Å². The van der Waals surface area contributed by atoms with Gasteiger partial charge in [-0.25, -0.2) is 0 Å². The van der Waals surface area contributed by atoms with Gasteiger partial charge in [-0.1, -0.05) is 49.8 Å². The third-order valence-corrected chi connectivity index (χ3v) is 5.19. The van der Waals surface area contributed by atoms with Crippen molar-refractivity contribution in [3.8, 4) is 0 Å². The van der Waals surface area contributed by atoms with E-state index in [9.17, 15) is 0 Å². The molecule has 1 nitrogen and oxygen atoms in total. The number of rotatable bonds is 9. The third kappa shape index (κ3) is 6.51. The standard InChI is InChI=1S/C22H34O/c1-3-5-7-8-19-9-13-21(14-10-19)22-15-11-20(12-16-22)18-23-17-6-4-2/h3,5,11-12,15-16,19,21H,4,6-10,13-14,17-18H2,1-2H3/b5-3+/t19-,21-. The number of hydrogen-bond donors (Lipinski definition) is 0. The summed E-state index contributed by atoms with van der Waals surface area (Å²) in [4.78, 5) is 0. The highest BCUT2D eigenvalue weighted by atomic mass is 16.5. The Balaban J connectivity index is 1.73. The molecule has 0 amide bonds. The number of benzene rings is 1. The van der Waals surface area contributed by atoms with Crippen molar-refractivity contribution in [3.63, 3.8) is 0 Å². The first-order valence-corrected chi connectivity index (χ1v) is 9.61. The Hall–Kier alpha value is -1.08. The molecule has 0 aliphatic heterocycles. The SMILES string of the molecule is C/C=C/CC[C@H]1CC[C@H](c2ccc(COCCCC)cc2)CC1. The predicted octanol–water partition coefficient (Wildman–Crippen LogP) is 6.63. The fourth-order valence-corrected chi connectivity index (χ4v) is 3.61. The molecule has 0 heterocycles. The highest BCUT2D eigenvalue weighted by molar-refractivity contribution is 5.25. The first-order chi connectivity index (χ1) is 11.3. The summed E-state index contributed by atoms with van der Waals surface area (Å²) in [7, 11) is 0. The summed E-state index contributed by atoms with van der Waals surface area (Å²) in [5.41, 5.74) is 2.85. The first-order valence-electron chi connectivity index (χ1n) is 9.61. The topological polar surface area (TPSA) is 9.23 Å². The Morgan fingerprint density at radius 2 is 1.83 bits per heavy atom. The fraction of sp³-hybridized carbons (Fsp3) is 0.636. The van der Waals surface area contributed by atoms with Crippen LogP contribution in [0.4, 0.5) is 0 Å². The van der Waals surface area contributed by atoms with E-state index in [-0.39, 0.29) is 0 Å². The Morgan fingerprint density at radius 1 is 1.09 bits per heavy atom. The summed E-state index contributed by atoms with van der Waals surface area (Å²) in [5.74, 6) is 1.73. The fourth-order valence-electron chi connectivity index (χ4n) is 3.61. The molecule has 1 aliphatic carbocycles. The summed E-state index contributed by atoms with van der Waals surface area (Å²) in [6.45, 7) is 5.97. The lowest BCUT2D eigenvalue weighted by Gasteiger charge is -2.28. The van der Waals surface area contributed by atoms with Crippen molar-refractivity contribution in [3.05, 3.63) is 47.5 Å². The van der Waals surface area contributed by atoms with Gasteiger partial charge < -0.3 is 4.74 Å². The smallest absolute Gasteiger partial charge is 0.0716 e. The maximum atomic E-state index is 5.70. The molecule has 0 bridgehead atoms. The summed E-state index contributed by atoms with van der Waals surface area (Å²) in [6.07, 6.45) is 15.1. The molecule has 0 unspecified atom stereocenters. The van der Waals surface area contributed by atoms with Crippen LogP contribution in [-0.2, 0) is 11.3 Å². The molecule has 1 aliphatic rings. The van der Waals surface area contributed by atoms with Crippen molar-refractivity contribution in [2.45, 2.75) is 77.7 Å². The van der Waals surface area contributed by atoms with Gasteiger partial charge in [0.05, 0.1) is 6.61 Å². The van der Waals surface area contributed by atoms with Gasteiger partial charge in [0.1, 0.15) is 0 Å². The van der Waals surface area contributed by atoms with E-state index in [0.29, 0.717) is 0 Å². The van der Waals surface area contributed by atoms with Crippen LogP contribution in [-0.4, -0.2) is 6.61 Å². The van der Waals surface area contributed by atoms with E-state index >= 15 is 0 Å². The van der Waals surface area contributed by atoms with E-state index in [4.69, 9.17) is 4.74 Å². The lowest BCUT2D eigenvalue weighted by atomic mass is 9.77. The van der Waals surface area contributed by atoms with Crippen LogP contribution in [0.5, 0.6) is 0 Å². The summed E-state index contributed by atoms with van der Waals surface area (Å²) in [5, 5.41) is 0. The summed E-state index contributed by atoms with van der Waals surface area (Å²) in [6, 6.07) is 9.20. The lowest BCUT2D eigenvalue weighted by molar-refractivity contribution is 0.118. The molecule has 0 saturated heterocycles. The van der Waals surface area contributed by atoms with Crippen molar-refractivity contribution in [2.24, 2.45) is 5.92 Å². The molecule has 1 aromatic rings. The molecule has 2 rings (SSSR count). The molecule has 0 N–H and O–H groups in total. The average Bonchev–Trinajstić information content (AvgIpc) is 2.60. The Morgan fingerprint density at radius 3 is 2.48 bits per heavy atom. The van der Waals surface area contributed by atoms with Gasteiger partial charge in [-0.3, -0.25) is 0 Å². The third-order valence-electron chi connectivity index (χ3n) is 5.19. The molecular formula is C22H34O. The Labute approximate surface area is 143 Å². The highest BCUT2D eigenvalue weighted by Crippen LogP contribution is 2.37. The van der Waals surface area contributed by atoms with Crippen LogP contribution in [0.1, 0.15) is 82.3 Å². The summed E-state index contributed by atoms with van der Waals surface area (Å²) >= 11 is 0. The minimum Gasteiger partial charge on any atom is -0.377 e. The van der Waals surface area contributed by atoms with Gasteiger partial charge >= 0.3 is 0 Å². The van der Waals surface area contributed by atoms with Crippen molar-refractivity contribution in [2.75, 3.05) is 6.61 Å². The van der Waals surface area contributed by atoms with Crippen molar-refractivity contribution < 1.29 is 4.74 Å². The van der Waals surface area contributed by atoms with Crippen molar-refractivity contribution >= 4 is 0 Å². The van der Waals surface area contributed by atoms with Crippen LogP contribution in [0.15, 0.2) is 36.4 Å². The van der Waals surface area contributed by atoms with E-state index in [1.165, 1.54) is 56.1 Å². The van der Waals surface area contributed by atoms with Gasteiger partial charge in [0.15, 0.2) is 0 Å². The lowest BCUT2D eigenvalue weighted by Crippen LogP contribution is -2.13. The summed E-state index contributed by atoms with van der Waals surface area (Å²) < 4.78 is 5.70. The molecule has 1 aromatic carbocycles. The number of allylic oxidation sites excluding steroid dienone is 2. The van der Waals surface area contributed by atoms with Gasteiger partial charge in [-0.15, -0.1) is 0 Å². The molecule has 0 spiro atoms. The van der Waals surface area contributed by atoms with Crippen LogP contribution in [0, 0.1) is 5.92 Å². The zero-order chi connectivity index (χ0) is 16.3. The van der Waals surface area contributed by atoms with Crippen LogP contribution >= 0.6 is 0 Å². The first kappa shape index (κ1) is 18.3. The molecule has 1 heteroatoms. The van der Waals surface area contributed by atoms with Gasteiger partial charge in [0, 0.05) is 6.61 Å². The largest absolute Gasteiger partial charge is 0.377 e. The number of hydrogen-bond acceptors (Lipinski definition) is 1. The van der Waals surface area contributed by atoms with Gasteiger partial charge in [-0.2, -0.15) is 0 Å². The second kappa shape index (κ2) is 10.6. The van der Waals surface area contributed by atoms with Gasteiger partial charge in [0.2, 0.25) is 0 Å². The molecule has 1 fully saturated rings. The Bertz CT molecular complexity index is 438. The molecule has 23 heavy (non-hydrogen) atoms. The van der Waals surface area contributed by atoms with Crippen LogP contribution in [0.3, 0.4) is 0 Å². The van der Waals surface area contributed by atoms with E-state index in [1.54, 1.807) is 0 Å². The molecule has 128 valence electrons. The normalized spacial score (nSPS) is 21.8.